The summed E-state index contributed by atoms with van der Waals surface area (Å²) in [7, 11) is 1.96. The number of benzene rings is 1. The van der Waals surface area contributed by atoms with Crippen molar-refractivity contribution >= 4 is 0 Å². The van der Waals surface area contributed by atoms with Crippen LogP contribution in [0.4, 0.5) is 4.39 Å². The highest BCUT2D eigenvalue weighted by atomic mass is 19.1. The van der Waals surface area contributed by atoms with Crippen molar-refractivity contribution in [3.8, 4) is 5.75 Å². The molecule has 0 aliphatic heterocycles. The van der Waals surface area contributed by atoms with E-state index in [0.717, 1.165) is 18.4 Å². The van der Waals surface area contributed by atoms with E-state index in [1.54, 1.807) is 12.1 Å². The summed E-state index contributed by atoms with van der Waals surface area (Å²) in [4.78, 5) is 0. The zero-order valence-corrected chi connectivity index (χ0v) is 12.2. The highest BCUT2D eigenvalue weighted by Crippen LogP contribution is 2.33. The average molecular weight is 265 g/mol. The summed E-state index contributed by atoms with van der Waals surface area (Å²) in [6.07, 6.45) is 2.26. The average Bonchev–Trinajstić information content (AvgIpc) is 2.36. The molecule has 0 bridgehead atoms. The van der Waals surface area contributed by atoms with Gasteiger partial charge in [-0.2, -0.15) is 0 Å². The maximum atomic E-state index is 13.8. The van der Waals surface area contributed by atoms with Gasteiger partial charge in [0.25, 0.3) is 0 Å². The Morgan fingerprint density at radius 2 is 2.00 bits per heavy atom. The fourth-order valence-corrected chi connectivity index (χ4v) is 3.16. The van der Waals surface area contributed by atoms with Gasteiger partial charge in [-0.15, -0.1) is 0 Å². The Hall–Kier alpha value is -1.09. The van der Waals surface area contributed by atoms with Crippen LogP contribution in [0.5, 0.6) is 5.75 Å². The molecule has 1 aromatic carbocycles. The van der Waals surface area contributed by atoms with Crippen LogP contribution in [0.15, 0.2) is 18.2 Å². The van der Waals surface area contributed by atoms with E-state index >= 15 is 0 Å². The molecule has 0 spiro atoms. The van der Waals surface area contributed by atoms with Gasteiger partial charge in [-0.25, -0.2) is 4.39 Å². The van der Waals surface area contributed by atoms with E-state index in [2.05, 4.69) is 19.2 Å². The van der Waals surface area contributed by atoms with Gasteiger partial charge in [-0.1, -0.05) is 19.9 Å². The zero-order chi connectivity index (χ0) is 14.0. The summed E-state index contributed by atoms with van der Waals surface area (Å²) in [5.74, 6) is 1.23. The van der Waals surface area contributed by atoms with Crippen LogP contribution in [-0.2, 0) is 0 Å². The van der Waals surface area contributed by atoms with Gasteiger partial charge in [-0.05, 0) is 56.3 Å². The second kappa shape index (κ2) is 5.91. The third kappa shape index (κ3) is 3.27. The number of halogens is 1. The smallest absolute Gasteiger partial charge is 0.165 e. The Kier molecular flexibility index (Phi) is 4.46. The van der Waals surface area contributed by atoms with Crippen LogP contribution in [0.2, 0.25) is 0 Å². The second-order valence-corrected chi connectivity index (χ2v) is 5.97. The van der Waals surface area contributed by atoms with Crippen LogP contribution in [0.25, 0.3) is 0 Å². The highest BCUT2D eigenvalue weighted by molar-refractivity contribution is 5.29. The largest absolute Gasteiger partial charge is 0.485 e. The van der Waals surface area contributed by atoms with E-state index < -0.39 is 0 Å². The molecule has 1 aliphatic rings. The molecule has 1 fully saturated rings. The molecule has 4 atom stereocenters. The molecule has 2 nitrogen and oxygen atoms in total. The first-order chi connectivity index (χ1) is 9.01. The van der Waals surface area contributed by atoms with Crippen LogP contribution >= 0.6 is 0 Å². The molecule has 1 aliphatic carbocycles. The summed E-state index contributed by atoms with van der Waals surface area (Å²) in [5.41, 5.74) is 1.02. The minimum absolute atomic E-state index is 0.0394. The molecular weight excluding hydrogens is 241 g/mol. The van der Waals surface area contributed by atoms with Gasteiger partial charge < -0.3 is 10.1 Å². The molecule has 0 aromatic heterocycles. The topological polar surface area (TPSA) is 21.3 Å². The van der Waals surface area contributed by atoms with Gasteiger partial charge in [0.2, 0.25) is 0 Å². The van der Waals surface area contributed by atoms with Crippen molar-refractivity contribution < 1.29 is 9.13 Å². The van der Waals surface area contributed by atoms with Crippen LogP contribution in [-0.4, -0.2) is 19.2 Å². The Bertz CT molecular complexity index is 435. The van der Waals surface area contributed by atoms with E-state index in [1.165, 1.54) is 6.07 Å². The lowest BCUT2D eigenvalue weighted by Crippen LogP contribution is -2.49. The van der Waals surface area contributed by atoms with E-state index in [4.69, 9.17) is 4.74 Å². The quantitative estimate of drug-likeness (QED) is 0.902. The summed E-state index contributed by atoms with van der Waals surface area (Å²) in [6, 6.07) is 5.32. The Balaban J connectivity index is 2.17. The van der Waals surface area contributed by atoms with E-state index in [9.17, 15) is 4.39 Å². The molecule has 2 rings (SSSR count). The summed E-state index contributed by atoms with van der Waals surface area (Å²) < 4.78 is 19.8. The number of likely N-dealkylation sites (N-methyl/N-ethyl adjacent to an activating group) is 1. The number of hydrogen-bond acceptors (Lipinski definition) is 2. The lowest BCUT2D eigenvalue weighted by Gasteiger charge is -2.39. The third-order valence-electron chi connectivity index (χ3n) is 4.11. The first-order valence-electron chi connectivity index (χ1n) is 7.11. The number of rotatable bonds is 3. The van der Waals surface area contributed by atoms with Gasteiger partial charge in [0.1, 0.15) is 6.10 Å². The van der Waals surface area contributed by atoms with E-state index in [0.29, 0.717) is 23.6 Å². The minimum atomic E-state index is -0.272. The fourth-order valence-electron chi connectivity index (χ4n) is 3.16. The molecule has 0 saturated heterocycles. The second-order valence-electron chi connectivity index (χ2n) is 5.97. The van der Waals surface area contributed by atoms with Crippen molar-refractivity contribution in [3.05, 3.63) is 29.6 Å². The molecule has 19 heavy (non-hydrogen) atoms. The van der Waals surface area contributed by atoms with Crippen molar-refractivity contribution in [2.75, 3.05) is 7.05 Å². The van der Waals surface area contributed by atoms with Crippen LogP contribution in [0.3, 0.4) is 0 Å². The zero-order valence-electron chi connectivity index (χ0n) is 12.2. The first-order valence-corrected chi connectivity index (χ1v) is 7.11. The molecule has 3 heteroatoms. The van der Waals surface area contributed by atoms with Crippen LogP contribution in [0.1, 0.15) is 32.3 Å². The summed E-state index contributed by atoms with van der Waals surface area (Å²) in [6.45, 7) is 6.41. The Morgan fingerprint density at radius 1 is 1.26 bits per heavy atom. The number of nitrogens with one attached hydrogen (secondary N) is 1. The van der Waals surface area contributed by atoms with Crippen molar-refractivity contribution in [2.45, 2.75) is 45.8 Å². The monoisotopic (exact) mass is 265 g/mol. The van der Waals surface area contributed by atoms with Gasteiger partial charge in [0, 0.05) is 6.04 Å². The highest BCUT2D eigenvalue weighted by Gasteiger charge is 2.35. The SMILES string of the molecule is CNC1CC(C)CC(C)C1Oc1cc(C)ccc1F. The molecule has 0 radical (unpaired) electrons. The van der Waals surface area contributed by atoms with Gasteiger partial charge in [0.05, 0.1) is 0 Å². The number of hydrogen-bond donors (Lipinski definition) is 1. The third-order valence-corrected chi connectivity index (χ3v) is 4.11. The van der Waals surface area contributed by atoms with E-state index in [1.807, 2.05) is 14.0 Å². The standard InChI is InChI=1S/C16H24FNO/c1-10-5-6-13(17)15(9-10)19-16-12(3)7-11(2)8-14(16)18-4/h5-6,9,11-12,14,16,18H,7-8H2,1-4H3. The molecule has 4 unspecified atom stereocenters. The molecule has 1 N–H and O–H groups in total. The first kappa shape index (κ1) is 14.3. The molecule has 106 valence electrons. The lowest BCUT2D eigenvalue weighted by atomic mass is 9.78. The van der Waals surface area contributed by atoms with Crippen LogP contribution in [0, 0.1) is 24.6 Å². The molecule has 0 amide bonds. The minimum Gasteiger partial charge on any atom is -0.485 e. The van der Waals surface area contributed by atoms with Crippen LogP contribution < -0.4 is 10.1 Å². The lowest BCUT2D eigenvalue weighted by molar-refractivity contribution is 0.0476. The maximum absolute atomic E-state index is 13.8. The van der Waals surface area contributed by atoms with Crippen molar-refractivity contribution in [1.29, 1.82) is 0 Å². The van der Waals surface area contributed by atoms with Crippen molar-refractivity contribution in [1.82, 2.24) is 5.32 Å². The van der Waals surface area contributed by atoms with Gasteiger partial charge in [-0.3, -0.25) is 0 Å². The maximum Gasteiger partial charge on any atom is 0.165 e. The van der Waals surface area contributed by atoms with Gasteiger partial charge in [0.15, 0.2) is 11.6 Å². The van der Waals surface area contributed by atoms with E-state index in [-0.39, 0.29) is 11.9 Å². The summed E-state index contributed by atoms with van der Waals surface area (Å²) in [5, 5.41) is 3.32. The normalized spacial score (nSPS) is 31.2. The predicted octanol–water partition coefficient (Wildman–Crippen LogP) is 3.54. The van der Waals surface area contributed by atoms with Gasteiger partial charge >= 0.3 is 0 Å². The molecule has 1 saturated carbocycles. The molecule has 1 aromatic rings. The van der Waals surface area contributed by atoms with Crippen molar-refractivity contribution in [3.63, 3.8) is 0 Å². The number of aryl methyl sites for hydroxylation is 1. The summed E-state index contributed by atoms with van der Waals surface area (Å²) >= 11 is 0. The van der Waals surface area contributed by atoms with Crippen molar-refractivity contribution in [2.24, 2.45) is 11.8 Å². The number of ether oxygens (including phenoxy) is 1. The Labute approximate surface area is 115 Å². The predicted molar refractivity (Wildman–Crippen MR) is 76.0 cm³/mol. The molecule has 0 heterocycles. The molecular formula is C16H24FNO. The fraction of sp³-hybridized carbons (Fsp3) is 0.625. The Morgan fingerprint density at radius 3 is 2.68 bits per heavy atom.